The van der Waals surface area contributed by atoms with Crippen LogP contribution in [-0.2, 0) is 21.9 Å². The summed E-state index contributed by atoms with van der Waals surface area (Å²) in [5.74, 6) is -0.749. The molecular weight excluding hydrogens is 447 g/mol. The SMILES string of the molecule is CON(C)S(=O)(=O)c1cc(C(=O)NC(c2ccccc2F)c2nccn2C)ccc1Cl. The molecule has 1 heterocycles. The van der Waals surface area contributed by atoms with Crippen molar-refractivity contribution in [2.75, 3.05) is 14.2 Å². The van der Waals surface area contributed by atoms with Crippen LogP contribution in [0.4, 0.5) is 4.39 Å². The van der Waals surface area contributed by atoms with E-state index in [0.29, 0.717) is 10.3 Å². The van der Waals surface area contributed by atoms with Gasteiger partial charge in [-0.05, 0) is 24.3 Å². The van der Waals surface area contributed by atoms with Crippen LogP contribution >= 0.6 is 11.6 Å². The lowest BCUT2D eigenvalue weighted by atomic mass is 10.0. The standard InChI is InChI=1S/C20H20ClFN4O4S/c1-25-11-10-23-19(25)18(14-6-4-5-7-16(14)22)24-20(27)13-8-9-15(21)17(12-13)31(28,29)26(2)30-3/h4-12,18H,1-3H3,(H,24,27). The van der Waals surface area contributed by atoms with Crippen molar-refractivity contribution in [2.45, 2.75) is 10.9 Å². The van der Waals surface area contributed by atoms with Gasteiger partial charge in [-0.25, -0.2) is 17.8 Å². The van der Waals surface area contributed by atoms with Crippen molar-refractivity contribution in [3.63, 3.8) is 0 Å². The second-order valence-corrected chi connectivity index (χ2v) is 8.88. The number of hydrogen-bond acceptors (Lipinski definition) is 5. The average molecular weight is 467 g/mol. The Kier molecular flexibility index (Phi) is 6.75. The first kappa shape index (κ1) is 22.9. The first-order valence-electron chi connectivity index (χ1n) is 9.02. The number of hydroxylamine groups is 1. The van der Waals surface area contributed by atoms with Crippen molar-refractivity contribution in [2.24, 2.45) is 7.05 Å². The minimum absolute atomic E-state index is 0.0167. The molecule has 0 aliphatic carbocycles. The van der Waals surface area contributed by atoms with Crippen LogP contribution in [0.15, 0.2) is 59.8 Å². The molecule has 31 heavy (non-hydrogen) atoms. The van der Waals surface area contributed by atoms with E-state index in [4.69, 9.17) is 16.4 Å². The zero-order chi connectivity index (χ0) is 22.8. The molecule has 11 heteroatoms. The Bertz CT molecular complexity index is 1220. The summed E-state index contributed by atoms with van der Waals surface area (Å²) in [4.78, 5) is 21.7. The van der Waals surface area contributed by atoms with Gasteiger partial charge in [-0.15, -0.1) is 0 Å². The van der Waals surface area contributed by atoms with Gasteiger partial charge < -0.3 is 9.88 Å². The molecule has 1 atom stereocenters. The van der Waals surface area contributed by atoms with E-state index in [1.165, 1.54) is 38.6 Å². The quantitative estimate of drug-likeness (QED) is 0.540. The van der Waals surface area contributed by atoms with Crippen molar-refractivity contribution < 1.29 is 22.4 Å². The molecule has 3 aromatic rings. The summed E-state index contributed by atoms with van der Waals surface area (Å²) in [5.41, 5.74) is 0.231. The summed E-state index contributed by atoms with van der Waals surface area (Å²) in [6, 6.07) is 8.91. The lowest BCUT2D eigenvalue weighted by Gasteiger charge is -2.20. The van der Waals surface area contributed by atoms with Gasteiger partial charge in [0.25, 0.3) is 15.9 Å². The number of sulfonamides is 1. The van der Waals surface area contributed by atoms with E-state index in [9.17, 15) is 17.6 Å². The van der Waals surface area contributed by atoms with Crippen LogP contribution in [0.25, 0.3) is 0 Å². The van der Waals surface area contributed by atoms with Gasteiger partial charge in [0.15, 0.2) is 0 Å². The Morgan fingerprint density at radius 1 is 1.29 bits per heavy atom. The minimum Gasteiger partial charge on any atom is -0.338 e. The van der Waals surface area contributed by atoms with Crippen LogP contribution in [0.1, 0.15) is 27.8 Å². The summed E-state index contributed by atoms with van der Waals surface area (Å²) in [6.45, 7) is 0. The number of benzene rings is 2. The van der Waals surface area contributed by atoms with E-state index in [0.717, 1.165) is 6.07 Å². The van der Waals surface area contributed by atoms with Crippen molar-refractivity contribution >= 4 is 27.5 Å². The average Bonchev–Trinajstić information content (AvgIpc) is 3.17. The van der Waals surface area contributed by atoms with Crippen LogP contribution in [0.3, 0.4) is 0 Å². The maximum atomic E-state index is 14.5. The predicted molar refractivity (Wildman–Crippen MR) is 112 cm³/mol. The van der Waals surface area contributed by atoms with E-state index in [1.54, 1.807) is 36.0 Å². The maximum absolute atomic E-state index is 14.5. The highest BCUT2D eigenvalue weighted by atomic mass is 35.5. The molecule has 0 saturated carbocycles. The van der Waals surface area contributed by atoms with Crippen LogP contribution in [0.5, 0.6) is 0 Å². The van der Waals surface area contributed by atoms with E-state index >= 15 is 0 Å². The molecule has 2 aromatic carbocycles. The fourth-order valence-corrected chi connectivity index (χ4v) is 4.41. The summed E-state index contributed by atoms with van der Waals surface area (Å²) >= 11 is 6.05. The molecule has 0 spiro atoms. The van der Waals surface area contributed by atoms with Crippen molar-refractivity contribution in [3.05, 3.63) is 82.6 Å². The molecule has 0 bridgehead atoms. The zero-order valence-corrected chi connectivity index (χ0v) is 18.5. The molecule has 0 aliphatic heterocycles. The number of carbonyl (C=O) groups is 1. The van der Waals surface area contributed by atoms with Crippen LogP contribution < -0.4 is 5.32 Å². The normalized spacial score (nSPS) is 12.7. The number of hydrogen-bond donors (Lipinski definition) is 1. The molecule has 1 amide bonds. The lowest BCUT2D eigenvalue weighted by molar-refractivity contribution is -0.0258. The molecule has 1 N–H and O–H groups in total. The molecule has 3 rings (SSSR count). The fourth-order valence-electron chi connectivity index (χ4n) is 2.94. The first-order chi connectivity index (χ1) is 14.7. The molecule has 0 radical (unpaired) electrons. The van der Waals surface area contributed by atoms with Gasteiger partial charge in [-0.2, -0.15) is 0 Å². The second kappa shape index (κ2) is 9.15. The third kappa shape index (κ3) is 4.62. The van der Waals surface area contributed by atoms with Crippen LogP contribution in [0.2, 0.25) is 5.02 Å². The molecule has 8 nitrogen and oxygen atoms in total. The Labute approximate surface area is 184 Å². The number of nitrogens with one attached hydrogen (secondary N) is 1. The number of halogens is 2. The summed E-state index contributed by atoms with van der Waals surface area (Å²) in [5, 5.41) is 2.66. The largest absolute Gasteiger partial charge is 0.338 e. The Morgan fingerprint density at radius 3 is 2.61 bits per heavy atom. The van der Waals surface area contributed by atoms with E-state index < -0.39 is 27.8 Å². The van der Waals surface area contributed by atoms with Crippen molar-refractivity contribution in [1.82, 2.24) is 19.3 Å². The minimum atomic E-state index is -4.09. The predicted octanol–water partition coefficient (Wildman–Crippen LogP) is 2.91. The maximum Gasteiger partial charge on any atom is 0.266 e. The molecule has 0 saturated heterocycles. The fraction of sp³-hybridized carbons (Fsp3) is 0.200. The van der Waals surface area contributed by atoms with Gasteiger partial charge in [-0.1, -0.05) is 34.3 Å². The summed E-state index contributed by atoms with van der Waals surface area (Å²) in [6.07, 6.45) is 3.20. The van der Waals surface area contributed by atoms with Gasteiger partial charge in [0, 0.05) is 37.6 Å². The zero-order valence-electron chi connectivity index (χ0n) is 16.9. The number of amides is 1. The highest BCUT2D eigenvalue weighted by Crippen LogP contribution is 2.27. The lowest BCUT2D eigenvalue weighted by Crippen LogP contribution is -2.32. The second-order valence-electron chi connectivity index (χ2n) is 6.57. The van der Waals surface area contributed by atoms with E-state index in [-0.39, 0.29) is 21.0 Å². The topological polar surface area (TPSA) is 93.5 Å². The van der Waals surface area contributed by atoms with E-state index in [1.807, 2.05) is 0 Å². The van der Waals surface area contributed by atoms with Gasteiger partial charge in [0.1, 0.15) is 22.6 Å². The smallest absolute Gasteiger partial charge is 0.266 e. The molecule has 0 aliphatic rings. The van der Waals surface area contributed by atoms with E-state index in [2.05, 4.69) is 10.3 Å². The summed E-state index contributed by atoms with van der Waals surface area (Å²) < 4.78 is 42.0. The van der Waals surface area contributed by atoms with Gasteiger partial charge >= 0.3 is 0 Å². The molecule has 1 aromatic heterocycles. The Hall–Kier alpha value is -2.79. The third-order valence-electron chi connectivity index (χ3n) is 4.68. The number of aromatic nitrogens is 2. The molecule has 1 unspecified atom stereocenters. The van der Waals surface area contributed by atoms with Crippen LogP contribution in [0, 0.1) is 5.82 Å². The van der Waals surface area contributed by atoms with Crippen LogP contribution in [-0.4, -0.2) is 42.5 Å². The number of nitrogens with zero attached hydrogens (tertiary/aromatic N) is 3. The molecule has 0 fully saturated rings. The number of rotatable bonds is 7. The molecular formula is C20H20ClFN4O4S. The summed E-state index contributed by atoms with van der Waals surface area (Å²) in [7, 11) is 0.0183. The monoisotopic (exact) mass is 466 g/mol. The Balaban J connectivity index is 2.01. The first-order valence-corrected chi connectivity index (χ1v) is 10.8. The highest BCUT2D eigenvalue weighted by Gasteiger charge is 2.27. The Morgan fingerprint density at radius 2 is 2.00 bits per heavy atom. The van der Waals surface area contributed by atoms with Gasteiger partial charge in [0.05, 0.1) is 12.1 Å². The number of imidazole rings is 1. The van der Waals surface area contributed by atoms with Crippen molar-refractivity contribution in [1.29, 1.82) is 0 Å². The number of aryl methyl sites for hydroxylation is 1. The number of carbonyl (C=O) groups excluding carboxylic acids is 1. The highest BCUT2D eigenvalue weighted by molar-refractivity contribution is 7.89. The van der Waals surface area contributed by atoms with Gasteiger partial charge in [-0.3, -0.25) is 9.63 Å². The third-order valence-corrected chi connectivity index (χ3v) is 6.84. The molecule has 164 valence electrons. The van der Waals surface area contributed by atoms with Gasteiger partial charge in [0.2, 0.25) is 0 Å². The van der Waals surface area contributed by atoms with Crippen molar-refractivity contribution in [3.8, 4) is 0 Å².